The summed E-state index contributed by atoms with van der Waals surface area (Å²) < 4.78 is 91.5. The minimum Gasteiger partial charge on any atom is -0.496 e. The van der Waals surface area contributed by atoms with Crippen molar-refractivity contribution in [3.05, 3.63) is 95.2 Å². The van der Waals surface area contributed by atoms with Gasteiger partial charge >= 0.3 is 12.5 Å². The highest BCUT2D eigenvalue weighted by molar-refractivity contribution is 6.30. The van der Waals surface area contributed by atoms with Gasteiger partial charge in [-0.2, -0.15) is 13.2 Å². The normalized spacial score (nSPS) is 12.4. The number of hydrogen-bond acceptors (Lipinski definition) is 3. The smallest absolute Gasteiger partial charge is 0.496 e. The van der Waals surface area contributed by atoms with E-state index in [1.165, 1.54) is 0 Å². The zero-order valence-corrected chi connectivity index (χ0v) is 17.3. The third-order valence-corrected chi connectivity index (χ3v) is 4.36. The zero-order chi connectivity index (χ0) is 24.1. The molecule has 0 aliphatic heterocycles. The second-order valence-electron chi connectivity index (χ2n) is 6.62. The fraction of sp³-hybridized carbons (Fsp3) is 0.130. The lowest BCUT2D eigenvalue weighted by molar-refractivity contribution is -0.274. The molecule has 0 radical (unpaired) electrons. The molecule has 0 spiro atoms. The topological polar surface area (TPSA) is 27.7 Å². The predicted octanol–water partition coefficient (Wildman–Crippen LogP) is 8.15. The van der Waals surface area contributed by atoms with Crippen molar-refractivity contribution in [2.75, 3.05) is 0 Å². The molecule has 0 fully saturated rings. The van der Waals surface area contributed by atoms with Crippen LogP contribution in [0.2, 0.25) is 5.02 Å². The van der Waals surface area contributed by atoms with E-state index in [0.29, 0.717) is 28.3 Å². The van der Waals surface area contributed by atoms with E-state index in [2.05, 4.69) is 4.74 Å². The number of benzene rings is 3. The molecule has 0 saturated carbocycles. The highest BCUT2D eigenvalue weighted by Gasteiger charge is 2.36. The lowest BCUT2D eigenvalue weighted by atomic mass is 10.1. The summed E-state index contributed by atoms with van der Waals surface area (Å²) in [6.07, 6.45) is -9.22. The standard InChI is InChI=1S/C23H15ClF6O3/c24-17-6-10-18(11-7-17)32-20-3-1-2-15(12-20)13-31-14-21(22(25,26)27)16-4-8-19(9-5-16)33-23(28,29)30/h1-12,14H,13H2. The van der Waals surface area contributed by atoms with E-state index in [4.69, 9.17) is 21.1 Å². The van der Waals surface area contributed by atoms with Crippen molar-refractivity contribution >= 4 is 17.2 Å². The van der Waals surface area contributed by atoms with Crippen molar-refractivity contribution in [2.45, 2.75) is 19.1 Å². The Morgan fingerprint density at radius 3 is 2.03 bits per heavy atom. The Kier molecular flexibility index (Phi) is 7.43. The summed E-state index contributed by atoms with van der Waals surface area (Å²) in [5, 5.41) is 0.541. The SMILES string of the molecule is FC(F)(F)Oc1ccc(C(=COCc2cccc(Oc3ccc(Cl)cc3)c2)C(F)(F)F)cc1. The van der Waals surface area contributed by atoms with Crippen molar-refractivity contribution in [3.63, 3.8) is 0 Å². The first-order valence-corrected chi connectivity index (χ1v) is 9.65. The molecule has 3 aromatic rings. The molecule has 10 heteroatoms. The number of halogens is 7. The number of ether oxygens (including phenoxy) is 3. The van der Waals surface area contributed by atoms with Crippen LogP contribution in [0.15, 0.2) is 79.1 Å². The van der Waals surface area contributed by atoms with Gasteiger partial charge in [-0.25, -0.2) is 0 Å². The van der Waals surface area contributed by atoms with E-state index in [9.17, 15) is 26.3 Å². The average molecular weight is 489 g/mol. The van der Waals surface area contributed by atoms with Crippen molar-refractivity contribution in [1.82, 2.24) is 0 Å². The minimum absolute atomic E-state index is 0.202. The third kappa shape index (κ3) is 7.64. The molecule has 3 nitrogen and oxygen atoms in total. The van der Waals surface area contributed by atoms with Gasteiger partial charge in [0.15, 0.2) is 0 Å². The number of alkyl halides is 6. The first kappa shape index (κ1) is 24.3. The summed E-state index contributed by atoms with van der Waals surface area (Å²) >= 11 is 5.82. The minimum atomic E-state index is -4.95. The molecule has 0 heterocycles. The second-order valence-corrected chi connectivity index (χ2v) is 7.05. The highest BCUT2D eigenvalue weighted by atomic mass is 35.5. The van der Waals surface area contributed by atoms with Gasteiger partial charge in [-0.05, 0) is 59.7 Å². The van der Waals surface area contributed by atoms with Gasteiger partial charge in [0.2, 0.25) is 0 Å². The summed E-state index contributed by atoms with van der Waals surface area (Å²) in [4.78, 5) is 0. The van der Waals surface area contributed by atoms with Crippen LogP contribution in [-0.4, -0.2) is 12.5 Å². The highest BCUT2D eigenvalue weighted by Crippen LogP contribution is 2.35. The van der Waals surface area contributed by atoms with Crippen LogP contribution in [0.5, 0.6) is 17.2 Å². The molecule has 0 N–H and O–H groups in total. The van der Waals surface area contributed by atoms with Gasteiger partial charge in [-0.3, -0.25) is 0 Å². The molecule has 0 bridgehead atoms. The van der Waals surface area contributed by atoms with Crippen molar-refractivity contribution in [3.8, 4) is 17.2 Å². The third-order valence-electron chi connectivity index (χ3n) is 4.10. The molecule has 0 saturated heterocycles. The first-order valence-electron chi connectivity index (χ1n) is 9.27. The Hall–Kier alpha value is -3.33. The van der Waals surface area contributed by atoms with Gasteiger partial charge in [-0.1, -0.05) is 35.9 Å². The Labute approximate surface area is 189 Å². The van der Waals surface area contributed by atoms with Gasteiger partial charge in [0.1, 0.15) is 23.9 Å². The molecule has 33 heavy (non-hydrogen) atoms. The van der Waals surface area contributed by atoms with Gasteiger partial charge < -0.3 is 14.2 Å². The van der Waals surface area contributed by atoms with Crippen molar-refractivity contribution < 1.29 is 40.6 Å². The van der Waals surface area contributed by atoms with Crippen LogP contribution in [0.4, 0.5) is 26.3 Å². The van der Waals surface area contributed by atoms with Gasteiger partial charge in [0.25, 0.3) is 0 Å². The molecule has 0 amide bonds. The summed E-state index contributed by atoms with van der Waals surface area (Å²) in [6.45, 7) is -0.202. The largest absolute Gasteiger partial charge is 0.573 e. The fourth-order valence-corrected chi connectivity index (χ4v) is 2.82. The maximum Gasteiger partial charge on any atom is 0.573 e. The van der Waals surface area contributed by atoms with Crippen LogP contribution in [-0.2, 0) is 11.3 Å². The van der Waals surface area contributed by atoms with E-state index < -0.39 is 23.9 Å². The van der Waals surface area contributed by atoms with Crippen molar-refractivity contribution in [1.29, 1.82) is 0 Å². The molecule has 0 aliphatic rings. The molecule has 0 atom stereocenters. The summed E-state index contributed by atoms with van der Waals surface area (Å²) in [5.74, 6) is 0.333. The summed E-state index contributed by atoms with van der Waals surface area (Å²) in [6, 6.07) is 16.5. The Morgan fingerprint density at radius 2 is 1.42 bits per heavy atom. The molecule has 0 aromatic heterocycles. The second kappa shape index (κ2) is 10.1. The van der Waals surface area contributed by atoms with Gasteiger partial charge in [-0.15, -0.1) is 13.2 Å². The molecule has 0 unspecified atom stereocenters. The molecule has 3 aromatic carbocycles. The number of rotatable bonds is 7. The maximum absolute atomic E-state index is 13.4. The Morgan fingerprint density at radius 1 is 0.788 bits per heavy atom. The quantitative estimate of drug-likeness (QED) is 0.248. The molecule has 0 aliphatic carbocycles. The van der Waals surface area contributed by atoms with Crippen LogP contribution >= 0.6 is 11.6 Å². The lowest BCUT2D eigenvalue weighted by Crippen LogP contribution is -2.17. The van der Waals surface area contributed by atoms with Gasteiger partial charge in [0.05, 0.1) is 11.8 Å². The lowest BCUT2D eigenvalue weighted by Gasteiger charge is -2.14. The maximum atomic E-state index is 13.4. The molecular formula is C23H15ClF6O3. The van der Waals surface area contributed by atoms with E-state index in [-0.39, 0.29) is 12.2 Å². The van der Waals surface area contributed by atoms with Crippen LogP contribution in [0, 0.1) is 0 Å². The van der Waals surface area contributed by atoms with E-state index in [0.717, 1.165) is 24.3 Å². The summed E-state index contributed by atoms with van der Waals surface area (Å²) in [5.41, 5.74) is -1.00. The first-order chi connectivity index (χ1) is 15.5. The molecular weight excluding hydrogens is 474 g/mol. The molecule has 3 rings (SSSR count). The number of hydrogen-bond donors (Lipinski definition) is 0. The average Bonchev–Trinajstić information content (AvgIpc) is 2.72. The van der Waals surface area contributed by atoms with Crippen LogP contribution in [0.3, 0.4) is 0 Å². The van der Waals surface area contributed by atoms with Gasteiger partial charge in [0, 0.05) is 5.02 Å². The van der Waals surface area contributed by atoms with E-state index >= 15 is 0 Å². The summed E-state index contributed by atoms with van der Waals surface area (Å²) in [7, 11) is 0. The van der Waals surface area contributed by atoms with Crippen LogP contribution in [0.25, 0.3) is 5.57 Å². The zero-order valence-electron chi connectivity index (χ0n) is 16.6. The Balaban J connectivity index is 1.70. The van der Waals surface area contributed by atoms with Crippen LogP contribution in [0.1, 0.15) is 11.1 Å². The van der Waals surface area contributed by atoms with E-state index in [1.807, 2.05) is 0 Å². The monoisotopic (exact) mass is 488 g/mol. The predicted molar refractivity (Wildman–Crippen MR) is 110 cm³/mol. The fourth-order valence-electron chi connectivity index (χ4n) is 2.69. The van der Waals surface area contributed by atoms with Crippen molar-refractivity contribution in [2.24, 2.45) is 0 Å². The Bertz CT molecular complexity index is 1090. The van der Waals surface area contributed by atoms with Crippen LogP contribution < -0.4 is 9.47 Å². The number of allylic oxidation sites excluding steroid dienone is 1. The van der Waals surface area contributed by atoms with E-state index in [1.54, 1.807) is 48.5 Å². The molecule has 174 valence electrons.